The third-order valence-electron chi connectivity index (χ3n) is 2.39. The van der Waals surface area contributed by atoms with Crippen molar-refractivity contribution >= 4 is 5.82 Å². The SMILES string of the molecule is Cc1ccc(OCCn2ccc(N)n2)cc1F. The molecule has 0 saturated carbocycles. The molecule has 2 N–H and O–H groups in total. The summed E-state index contributed by atoms with van der Waals surface area (Å²) in [7, 11) is 0. The molecule has 0 aliphatic carbocycles. The van der Waals surface area contributed by atoms with Crippen LogP contribution in [0.5, 0.6) is 5.75 Å². The Hall–Kier alpha value is -2.04. The van der Waals surface area contributed by atoms with Crippen LogP contribution in [-0.2, 0) is 6.54 Å². The van der Waals surface area contributed by atoms with Crippen molar-refractivity contribution < 1.29 is 9.13 Å². The molecule has 0 fully saturated rings. The van der Waals surface area contributed by atoms with Gasteiger partial charge in [-0.2, -0.15) is 5.10 Å². The van der Waals surface area contributed by atoms with E-state index in [1.165, 1.54) is 6.07 Å². The molecule has 1 heterocycles. The minimum atomic E-state index is -0.258. The highest BCUT2D eigenvalue weighted by atomic mass is 19.1. The second kappa shape index (κ2) is 4.86. The zero-order valence-electron chi connectivity index (χ0n) is 9.56. The highest BCUT2D eigenvalue weighted by Crippen LogP contribution is 2.15. The standard InChI is InChI=1S/C12H14FN3O/c1-9-2-3-10(8-11(9)13)17-7-6-16-5-4-12(14)15-16/h2-5,8H,6-7H2,1H3,(H2,14,15). The van der Waals surface area contributed by atoms with Crippen LogP contribution in [0, 0.1) is 12.7 Å². The van der Waals surface area contributed by atoms with E-state index in [4.69, 9.17) is 10.5 Å². The van der Waals surface area contributed by atoms with Crippen LogP contribution in [0.15, 0.2) is 30.5 Å². The van der Waals surface area contributed by atoms with Crippen LogP contribution in [0.2, 0.25) is 0 Å². The van der Waals surface area contributed by atoms with Crippen molar-refractivity contribution in [2.45, 2.75) is 13.5 Å². The zero-order chi connectivity index (χ0) is 12.3. The first-order valence-electron chi connectivity index (χ1n) is 5.33. The van der Waals surface area contributed by atoms with Gasteiger partial charge in [-0.05, 0) is 24.6 Å². The van der Waals surface area contributed by atoms with Gasteiger partial charge >= 0.3 is 0 Å². The minimum Gasteiger partial charge on any atom is -0.492 e. The summed E-state index contributed by atoms with van der Waals surface area (Å²) in [6, 6.07) is 6.53. The average molecular weight is 235 g/mol. The number of hydrogen-bond acceptors (Lipinski definition) is 3. The molecule has 4 nitrogen and oxygen atoms in total. The Labute approximate surface area is 98.8 Å². The van der Waals surface area contributed by atoms with E-state index >= 15 is 0 Å². The van der Waals surface area contributed by atoms with E-state index < -0.39 is 0 Å². The molecule has 2 rings (SSSR count). The molecular formula is C12H14FN3O. The van der Waals surface area contributed by atoms with Gasteiger partial charge in [0.15, 0.2) is 0 Å². The lowest BCUT2D eigenvalue weighted by Gasteiger charge is -2.07. The van der Waals surface area contributed by atoms with Crippen molar-refractivity contribution in [3.05, 3.63) is 41.8 Å². The molecule has 2 aromatic rings. The minimum absolute atomic E-state index is 0.258. The van der Waals surface area contributed by atoms with Crippen molar-refractivity contribution in [2.24, 2.45) is 0 Å². The average Bonchev–Trinajstić information content (AvgIpc) is 2.70. The molecule has 5 heteroatoms. The lowest BCUT2D eigenvalue weighted by atomic mass is 10.2. The molecule has 0 atom stereocenters. The molecular weight excluding hydrogens is 221 g/mol. The van der Waals surface area contributed by atoms with Gasteiger partial charge in [0.05, 0.1) is 6.54 Å². The fourth-order valence-corrected chi connectivity index (χ4v) is 1.42. The normalized spacial score (nSPS) is 10.5. The number of ether oxygens (including phenoxy) is 1. The van der Waals surface area contributed by atoms with E-state index in [1.807, 2.05) is 0 Å². The maximum atomic E-state index is 13.2. The fourth-order valence-electron chi connectivity index (χ4n) is 1.42. The lowest BCUT2D eigenvalue weighted by Crippen LogP contribution is -2.09. The van der Waals surface area contributed by atoms with Gasteiger partial charge in [-0.15, -0.1) is 0 Å². The summed E-state index contributed by atoms with van der Waals surface area (Å²) in [6.07, 6.45) is 1.77. The number of anilines is 1. The molecule has 0 amide bonds. The van der Waals surface area contributed by atoms with Gasteiger partial charge in [0.2, 0.25) is 0 Å². The number of nitrogens with zero attached hydrogens (tertiary/aromatic N) is 2. The Morgan fingerprint density at radius 3 is 2.88 bits per heavy atom. The highest BCUT2D eigenvalue weighted by molar-refractivity contribution is 5.28. The van der Waals surface area contributed by atoms with E-state index in [9.17, 15) is 4.39 Å². The van der Waals surface area contributed by atoms with Crippen molar-refractivity contribution in [2.75, 3.05) is 12.3 Å². The number of nitrogen functional groups attached to an aromatic ring is 1. The van der Waals surface area contributed by atoms with E-state index in [2.05, 4.69) is 5.10 Å². The summed E-state index contributed by atoms with van der Waals surface area (Å²) in [5.74, 6) is 0.741. The van der Waals surface area contributed by atoms with Gasteiger partial charge in [0.25, 0.3) is 0 Å². The predicted octanol–water partition coefficient (Wildman–Crippen LogP) is 1.99. The maximum absolute atomic E-state index is 13.2. The Bertz CT molecular complexity index is 510. The number of hydrogen-bond donors (Lipinski definition) is 1. The van der Waals surface area contributed by atoms with Crippen molar-refractivity contribution in [3.63, 3.8) is 0 Å². The number of nitrogens with two attached hydrogens (primary N) is 1. The summed E-state index contributed by atoms with van der Waals surface area (Å²) < 4.78 is 20.3. The summed E-state index contributed by atoms with van der Waals surface area (Å²) in [5.41, 5.74) is 6.08. The van der Waals surface area contributed by atoms with Gasteiger partial charge in [0.1, 0.15) is 24.0 Å². The van der Waals surface area contributed by atoms with E-state index in [-0.39, 0.29) is 5.82 Å². The van der Waals surface area contributed by atoms with Gasteiger partial charge in [0, 0.05) is 12.3 Å². The van der Waals surface area contributed by atoms with Crippen LogP contribution in [-0.4, -0.2) is 16.4 Å². The Kier molecular flexibility index (Phi) is 3.27. The number of aromatic nitrogens is 2. The summed E-state index contributed by atoms with van der Waals surface area (Å²) in [6.45, 7) is 2.71. The van der Waals surface area contributed by atoms with Crippen molar-refractivity contribution in [1.82, 2.24) is 9.78 Å². The summed E-state index contributed by atoms with van der Waals surface area (Å²) in [5, 5.41) is 4.01. The van der Waals surface area contributed by atoms with Crippen LogP contribution in [0.25, 0.3) is 0 Å². The smallest absolute Gasteiger partial charge is 0.145 e. The molecule has 0 unspecified atom stereocenters. The van der Waals surface area contributed by atoms with E-state index in [1.54, 1.807) is 36.0 Å². The van der Waals surface area contributed by atoms with Crippen LogP contribution in [0.1, 0.15) is 5.56 Å². The van der Waals surface area contributed by atoms with E-state index in [0.29, 0.717) is 30.3 Å². The summed E-state index contributed by atoms with van der Waals surface area (Å²) in [4.78, 5) is 0. The Morgan fingerprint density at radius 2 is 2.24 bits per heavy atom. The molecule has 17 heavy (non-hydrogen) atoms. The van der Waals surface area contributed by atoms with Crippen LogP contribution in [0.3, 0.4) is 0 Å². The third kappa shape index (κ3) is 2.96. The summed E-state index contributed by atoms with van der Waals surface area (Å²) >= 11 is 0. The molecule has 1 aromatic carbocycles. The molecule has 1 aromatic heterocycles. The number of benzene rings is 1. The largest absolute Gasteiger partial charge is 0.492 e. The monoisotopic (exact) mass is 235 g/mol. The third-order valence-corrected chi connectivity index (χ3v) is 2.39. The Morgan fingerprint density at radius 1 is 1.41 bits per heavy atom. The van der Waals surface area contributed by atoms with Crippen molar-refractivity contribution in [1.29, 1.82) is 0 Å². The first-order valence-corrected chi connectivity index (χ1v) is 5.33. The number of halogens is 1. The molecule has 0 aliphatic rings. The van der Waals surface area contributed by atoms with E-state index in [0.717, 1.165) is 0 Å². The molecule has 0 spiro atoms. The molecule has 0 aliphatic heterocycles. The molecule has 90 valence electrons. The maximum Gasteiger partial charge on any atom is 0.145 e. The Balaban J connectivity index is 1.87. The number of aryl methyl sites for hydroxylation is 1. The van der Waals surface area contributed by atoms with Crippen LogP contribution in [0.4, 0.5) is 10.2 Å². The number of rotatable bonds is 4. The van der Waals surface area contributed by atoms with Gasteiger partial charge in [-0.1, -0.05) is 6.07 Å². The first kappa shape index (κ1) is 11.4. The van der Waals surface area contributed by atoms with Gasteiger partial charge in [-0.3, -0.25) is 4.68 Å². The quantitative estimate of drug-likeness (QED) is 0.881. The highest BCUT2D eigenvalue weighted by Gasteiger charge is 2.00. The molecule has 0 radical (unpaired) electrons. The second-order valence-electron chi connectivity index (χ2n) is 3.76. The van der Waals surface area contributed by atoms with Crippen LogP contribution >= 0.6 is 0 Å². The second-order valence-corrected chi connectivity index (χ2v) is 3.76. The molecule has 0 saturated heterocycles. The first-order chi connectivity index (χ1) is 8.15. The zero-order valence-corrected chi connectivity index (χ0v) is 9.56. The van der Waals surface area contributed by atoms with Gasteiger partial charge < -0.3 is 10.5 Å². The topological polar surface area (TPSA) is 53.1 Å². The predicted molar refractivity (Wildman–Crippen MR) is 63.3 cm³/mol. The molecule has 0 bridgehead atoms. The van der Waals surface area contributed by atoms with Crippen molar-refractivity contribution in [3.8, 4) is 5.75 Å². The van der Waals surface area contributed by atoms with Crippen LogP contribution < -0.4 is 10.5 Å². The lowest BCUT2D eigenvalue weighted by molar-refractivity contribution is 0.290. The van der Waals surface area contributed by atoms with Gasteiger partial charge in [-0.25, -0.2) is 4.39 Å². The fraction of sp³-hybridized carbons (Fsp3) is 0.250.